The highest BCUT2D eigenvalue weighted by Crippen LogP contribution is 2.33. The third kappa shape index (κ3) is 5.19. The van der Waals surface area contributed by atoms with Crippen LogP contribution < -0.4 is 10.1 Å². The van der Waals surface area contributed by atoms with E-state index < -0.39 is 17.8 Å². The van der Waals surface area contributed by atoms with Gasteiger partial charge >= 0.3 is 6.18 Å². The van der Waals surface area contributed by atoms with Crippen LogP contribution in [0, 0.1) is 0 Å². The zero-order valence-corrected chi connectivity index (χ0v) is 20.8. The fourth-order valence-corrected chi connectivity index (χ4v) is 3.99. The number of rotatable bonds is 6. The minimum Gasteiger partial charge on any atom is -0.497 e. The zero-order valence-electron chi connectivity index (χ0n) is 19.2. The number of alkyl halides is 3. The summed E-state index contributed by atoms with van der Waals surface area (Å²) in [6, 6.07) is 15.0. The smallest absolute Gasteiger partial charge is 0.433 e. The molecule has 0 bridgehead atoms. The molecule has 0 aliphatic carbocycles. The average molecular weight is 571 g/mol. The Kier molecular flexibility index (Phi) is 6.42. The molecule has 0 unspecified atom stereocenters. The molecule has 0 saturated carbocycles. The number of hydrogen-bond donors (Lipinski definition) is 1. The number of halogens is 4. The van der Waals surface area contributed by atoms with Crippen molar-refractivity contribution in [3.8, 4) is 17.0 Å². The van der Waals surface area contributed by atoms with Crippen LogP contribution in [0.15, 0.2) is 77.7 Å². The van der Waals surface area contributed by atoms with E-state index in [0.29, 0.717) is 28.1 Å². The Bertz CT molecular complexity index is 1580. The molecule has 1 amide bonds. The van der Waals surface area contributed by atoms with Crippen molar-refractivity contribution in [3.63, 3.8) is 0 Å². The van der Waals surface area contributed by atoms with Gasteiger partial charge in [-0.05, 0) is 48.0 Å². The van der Waals surface area contributed by atoms with Crippen molar-refractivity contribution >= 4 is 33.2 Å². The molecule has 0 aliphatic heterocycles. The Balaban J connectivity index is 1.45. The summed E-state index contributed by atoms with van der Waals surface area (Å²) in [6.07, 6.45) is -0.573. The van der Waals surface area contributed by atoms with Crippen molar-refractivity contribution in [3.05, 3.63) is 94.5 Å². The Labute approximate surface area is 216 Å². The molecule has 3 aromatic heterocycles. The van der Waals surface area contributed by atoms with E-state index in [0.717, 1.165) is 22.3 Å². The Morgan fingerprint density at radius 1 is 1.05 bits per heavy atom. The topological polar surface area (TPSA) is 86.3 Å². The fourth-order valence-electron chi connectivity index (χ4n) is 3.72. The van der Waals surface area contributed by atoms with Gasteiger partial charge in [-0.1, -0.05) is 28.1 Å². The highest BCUT2D eigenvalue weighted by molar-refractivity contribution is 9.10. The summed E-state index contributed by atoms with van der Waals surface area (Å²) in [4.78, 5) is 17.4. The van der Waals surface area contributed by atoms with Gasteiger partial charge in [-0.15, -0.1) is 0 Å². The highest BCUT2D eigenvalue weighted by Gasteiger charge is 2.36. The van der Waals surface area contributed by atoms with Crippen molar-refractivity contribution in [2.45, 2.75) is 12.7 Å². The quantitative estimate of drug-likeness (QED) is 0.284. The molecule has 37 heavy (non-hydrogen) atoms. The van der Waals surface area contributed by atoms with Gasteiger partial charge in [0, 0.05) is 16.2 Å². The molecule has 0 fully saturated rings. The van der Waals surface area contributed by atoms with E-state index in [1.807, 2.05) is 24.3 Å². The number of carbonyl (C=O) groups is 1. The number of nitrogens with zero attached hydrogens (tertiary/aromatic N) is 5. The maximum atomic E-state index is 13.9. The number of fused-ring (bicyclic) bond motifs is 1. The summed E-state index contributed by atoms with van der Waals surface area (Å²) in [5.74, 6) is -0.114. The van der Waals surface area contributed by atoms with Gasteiger partial charge < -0.3 is 10.1 Å². The lowest BCUT2D eigenvalue weighted by molar-refractivity contribution is -0.142. The van der Waals surface area contributed by atoms with Gasteiger partial charge in [-0.2, -0.15) is 23.4 Å². The summed E-state index contributed by atoms with van der Waals surface area (Å²) in [5.41, 5.74) is 0.465. The van der Waals surface area contributed by atoms with Crippen molar-refractivity contribution in [2.24, 2.45) is 0 Å². The molecule has 0 radical (unpaired) electrons. The first-order chi connectivity index (χ1) is 17.7. The summed E-state index contributed by atoms with van der Waals surface area (Å²) < 4.78 is 49.9. The predicted molar refractivity (Wildman–Crippen MR) is 133 cm³/mol. The predicted octanol–water partition coefficient (Wildman–Crippen LogP) is 5.68. The molecule has 5 aromatic rings. The van der Waals surface area contributed by atoms with Gasteiger partial charge in [0.15, 0.2) is 11.3 Å². The minimum atomic E-state index is -4.73. The van der Waals surface area contributed by atoms with Crippen molar-refractivity contribution < 1.29 is 22.7 Å². The number of methoxy groups -OCH3 is 1. The second-order valence-electron chi connectivity index (χ2n) is 8.05. The number of hydrogen-bond acceptors (Lipinski definition) is 5. The van der Waals surface area contributed by atoms with Crippen LogP contribution >= 0.6 is 15.9 Å². The maximum absolute atomic E-state index is 13.9. The van der Waals surface area contributed by atoms with E-state index >= 15 is 0 Å². The average Bonchev–Trinajstić information content (AvgIpc) is 3.51. The van der Waals surface area contributed by atoms with Crippen molar-refractivity contribution in [1.29, 1.82) is 0 Å². The molecule has 5 rings (SSSR count). The van der Waals surface area contributed by atoms with Crippen LogP contribution in [0.1, 0.15) is 21.6 Å². The number of amides is 1. The van der Waals surface area contributed by atoms with Crippen molar-refractivity contribution in [1.82, 2.24) is 24.4 Å². The first kappa shape index (κ1) is 24.5. The molecule has 3 heterocycles. The largest absolute Gasteiger partial charge is 0.497 e. The lowest BCUT2D eigenvalue weighted by Gasteiger charge is -2.12. The van der Waals surface area contributed by atoms with Gasteiger partial charge in [0.25, 0.3) is 5.91 Å². The van der Waals surface area contributed by atoms with E-state index in [1.54, 1.807) is 35.1 Å². The zero-order chi connectivity index (χ0) is 26.2. The van der Waals surface area contributed by atoms with Crippen LogP contribution in [0.5, 0.6) is 5.75 Å². The number of aromatic nitrogens is 5. The molecule has 0 spiro atoms. The number of carbonyl (C=O) groups excluding carboxylic acids is 1. The van der Waals surface area contributed by atoms with Gasteiger partial charge in [-0.3, -0.25) is 9.48 Å². The molecule has 0 saturated heterocycles. The molecule has 12 heteroatoms. The van der Waals surface area contributed by atoms with Gasteiger partial charge in [-0.25, -0.2) is 9.50 Å². The molecule has 188 valence electrons. The third-order valence-corrected chi connectivity index (χ3v) is 6.07. The standard InChI is InChI=1S/C25H18BrF3N6O2/c1-37-19-8-4-16(5-9-19)21-10-22(25(27,28)29)35-23(33-21)20(12-31-35)24(36)32-18-11-30-34(14-18)13-15-2-6-17(26)7-3-15/h2-12,14H,13H2,1H3,(H,32,36). The van der Waals surface area contributed by atoms with Crippen LogP contribution in [0.4, 0.5) is 18.9 Å². The minimum absolute atomic E-state index is 0.0411. The van der Waals surface area contributed by atoms with Crippen LogP contribution in [0.2, 0.25) is 0 Å². The Morgan fingerprint density at radius 3 is 2.46 bits per heavy atom. The SMILES string of the molecule is COc1ccc(-c2cc(C(F)(F)F)n3ncc(C(=O)Nc4cnn(Cc5ccc(Br)cc5)c4)c3n2)cc1. The maximum Gasteiger partial charge on any atom is 0.433 e. The number of anilines is 1. The van der Waals surface area contributed by atoms with Gasteiger partial charge in [0.1, 0.15) is 11.3 Å². The van der Waals surface area contributed by atoms with Crippen LogP contribution in [0.3, 0.4) is 0 Å². The van der Waals surface area contributed by atoms with E-state index in [9.17, 15) is 18.0 Å². The first-order valence-corrected chi connectivity index (χ1v) is 11.7. The third-order valence-electron chi connectivity index (χ3n) is 5.54. The summed E-state index contributed by atoms with van der Waals surface area (Å²) in [6.45, 7) is 0.474. The summed E-state index contributed by atoms with van der Waals surface area (Å²) >= 11 is 3.39. The number of ether oxygens (including phenoxy) is 1. The molecule has 1 N–H and O–H groups in total. The van der Waals surface area contributed by atoms with E-state index in [4.69, 9.17) is 4.74 Å². The second kappa shape index (κ2) is 9.69. The molecule has 2 aromatic carbocycles. The van der Waals surface area contributed by atoms with Gasteiger partial charge in [0.05, 0.1) is 37.4 Å². The molecule has 0 aliphatic rings. The summed E-state index contributed by atoms with van der Waals surface area (Å²) in [5, 5.41) is 10.7. The molecule has 8 nitrogen and oxygen atoms in total. The lowest BCUT2D eigenvalue weighted by atomic mass is 10.1. The first-order valence-electron chi connectivity index (χ1n) is 10.9. The highest BCUT2D eigenvalue weighted by atomic mass is 79.9. The van der Waals surface area contributed by atoms with E-state index in [-0.39, 0.29) is 16.9 Å². The second-order valence-corrected chi connectivity index (χ2v) is 8.97. The summed E-state index contributed by atoms with van der Waals surface area (Å²) in [7, 11) is 1.49. The van der Waals surface area contributed by atoms with E-state index in [2.05, 4.69) is 36.4 Å². The Hall–Kier alpha value is -4.19. The van der Waals surface area contributed by atoms with Crippen LogP contribution in [-0.4, -0.2) is 37.4 Å². The van der Waals surface area contributed by atoms with Gasteiger partial charge in [0.2, 0.25) is 0 Å². The fraction of sp³-hybridized carbons (Fsp3) is 0.120. The van der Waals surface area contributed by atoms with Crippen LogP contribution in [0.25, 0.3) is 16.9 Å². The molecular formula is C25H18BrF3N6O2. The van der Waals surface area contributed by atoms with Crippen molar-refractivity contribution in [2.75, 3.05) is 12.4 Å². The molecular weight excluding hydrogens is 553 g/mol. The number of nitrogens with one attached hydrogen (secondary N) is 1. The lowest BCUT2D eigenvalue weighted by Crippen LogP contribution is -2.15. The number of benzene rings is 2. The normalized spacial score (nSPS) is 11.6. The van der Waals surface area contributed by atoms with E-state index in [1.165, 1.54) is 13.3 Å². The molecule has 0 atom stereocenters. The van der Waals surface area contributed by atoms with Crippen LogP contribution in [-0.2, 0) is 12.7 Å². The Morgan fingerprint density at radius 2 is 1.78 bits per heavy atom. The monoisotopic (exact) mass is 570 g/mol.